The van der Waals surface area contributed by atoms with E-state index in [1.165, 1.54) is 12.1 Å². The average Bonchev–Trinajstić information content (AvgIpc) is 3.27. The van der Waals surface area contributed by atoms with Crippen molar-refractivity contribution in [2.45, 2.75) is 32.7 Å². The van der Waals surface area contributed by atoms with E-state index < -0.39 is 5.82 Å². The van der Waals surface area contributed by atoms with Gasteiger partial charge in [0, 0.05) is 18.2 Å². The van der Waals surface area contributed by atoms with Crippen molar-refractivity contribution in [2.24, 2.45) is 5.92 Å². The van der Waals surface area contributed by atoms with Crippen molar-refractivity contribution in [3.8, 4) is 11.8 Å². The van der Waals surface area contributed by atoms with Crippen LogP contribution in [0.3, 0.4) is 0 Å². The van der Waals surface area contributed by atoms with E-state index in [0.717, 1.165) is 12.8 Å². The molecular weight excluding hydrogens is 269 g/mol. The van der Waals surface area contributed by atoms with Gasteiger partial charge in [-0.3, -0.25) is 4.79 Å². The van der Waals surface area contributed by atoms with Crippen LogP contribution in [0.25, 0.3) is 0 Å². The Morgan fingerprint density at radius 3 is 2.71 bits per heavy atom. The molecule has 1 amide bonds. The molecule has 21 heavy (non-hydrogen) atoms. The maximum absolute atomic E-state index is 13.9. The first-order valence-corrected chi connectivity index (χ1v) is 7.23. The molecule has 0 aliphatic heterocycles. The third kappa shape index (κ3) is 4.05. The molecule has 1 aliphatic rings. The molecule has 1 N–H and O–H groups in total. The zero-order valence-corrected chi connectivity index (χ0v) is 12.4. The smallest absolute Gasteiger partial charge is 0.254 e. The van der Waals surface area contributed by atoms with Gasteiger partial charge in [-0.15, -0.1) is 0 Å². The zero-order valence-electron chi connectivity index (χ0n) is 12.4. The first-order valence-electron chi connectivity index (χ1n) is 7.23. The highest BCUT2D eigenvalue weighted by Crippen LogP contribution is 2.29. The highest BCUT2D eigenvalue weighted by Gasteiger charge is 2.33. The predicted molar refractivity (Wildman–Crippen MR) is 79.3 cm³/mol. The minimum atomic E-state index is -0.526. The van der Waals surface area contributed by atoms with Crippen molar-refractivity contribution >= 4 is 5.91 Å². The number of halogens is 1. The van der Waals surface area contributed by atoms with Crippen LogP contribution < -0.4 is 0 Å². The number of aliphatic hydroxyl groups is 1. The van der Waals surface area contributed by atoms with E-state index in [1.807, 2.05) is 4.90 Å². The summed E-state index contributed by atoms with van der Waals surface area (Å²) in [5, 5.41) is 8.63. The molecule has 0 spiro atoms. The van der Waals surface area contributed by atoms with E-state index >= 15 is 0 Å². The van der Waals surface area contributed by atoms with Crippen LogP contribution in [0.2, 0.25) is 0 Å². The third-order valence-electron chi connectivity index (χ3n) is 3.33. The maximum Gasteiger partial charge on any atom is 0.254 e. The molecule has 1 aromatic rings. The van der Waals surface area contributed by atoms with Gasteiger partial charge in [0.25, 0.3) is 5.91 Å². The Morgan fingerprint density at radius 1 is 1.48 bits per heavy atom. The maximum atomic E-state index is 13.9. The van der Waals surface area contributed by atoms with Gasteiger partial charge in [0.15, 0.2) is 0 Å². The van der Waals surface area contributed by atoms with Crippen molar-refractivity contribution in [3.05, 3.63) is 35.1 Å². The second-order valence-electron chi connectivity index (χ2n) is 5.74. The fraction of sp³-hybridized carbons (Fsp3) is 0.471. The lowest BCUT2D eigenvalue weighted by Crippen LogP contribution is -2.36. The Morgan fingerprint density at radius 2 is 2.19 bits per heavy atom. The molecule has 1 fully saturated rings. The van der Waals surface area contributed by atoms with Crippen LogP contribution in [0.1, 0.15) is 42.6 Å². The molecule has 0 heterocycles. The summed E-state index contributed by atoms with van der Waals surface area (Å²) < 4.78 is 13.9. The van der Waals surface area contributed by atoms with Crippen LogP contribution in [0.4, 0.5) is 4.39 Å². The molecule has 0 atom stereocenters. The van der Waals surface area contributed by atoms with E-state index in [4.69, 9.17) is 5.11 Å². The number of hydrogen-bond donors (Lipinski definition) is 1. The summed E-state index contributed by atoms with van der Waals surface area (Å²) in [7, 11) is 0. The lowest BCUT2D eigenvalue weighted by atomic mass is 10.1. The van der Waals surface area contributed by atoms with Gasteiger partial charge in [0.05, 0.1) is 5.56 Å². The first-order chi connectivity index (χ1) is 10.0. The van der Waals surface area contributed by atoms with E-state index in [2.05, 4.69) is 25.7 Å². The van der Waals surface area contributed by atoms with Gasteiger partial charge in [-0.2, -0.15) is 0 Å². The van der Waals surface area contributed by atoms with E-state index in [0.29, 0.717) is 24.1 Å². The van der Waals surface area contributed by atoms with Gasteiger partial charge in [0.2, 0.25) is 0 Å². The van der Waals surface area contributed by atoms with Gasteiger partial charge in [-0.1, -0.05) is 25.7 Å². The minimum absolute atomic E-state index is 0.119. The van der Waals surface area contributed by atoms with E-state index in [-0.39, 0.29) is 18.1 Å². The van der Waals surface area contributed by atoms with Crippen molar-refractivity contribution in [3.63, 3.8) is 0 Å². The van der Waals surface area contributed by atoms with Crippen LogP contribution in [0.5, 0.6) is 0 Å². The second-order valence-corrected chi connectivity index (χ2v) is 5.74. The van der Waals surface area contributed by atoms with Gasteiger partial charge in [-0.05, 0) is 37.0 Å². The van der Waals surface area contributed by atoms with Crippen LogP contribution in [-0.4, -0.2) is 35.1 Å². The average molecular weight is 289 g/mol. The summed E-state index contributed by atoms with van der Waals surface area (Å²) in [5.41, 5.74) is 0.553. The largest absolute Gasteiger partial charge is 0.384 e. The quantitative estimate of drug-likeness (QED) is 0.865. The Kier molecular flexibility index (Phi) is 4.98. The van der Waals surface area contributed by atoms with Crippen molar-refractivity contribution in [1.82, 2.24) is 4.90 Å². The molecule has 1 aliphatic carbocycles. The SMILES string of the molecule is CC(C)CN(C(=O)c1ccc(C#CCO)c(F)c1)C1CC1. The van der Waals surface area contributed by atoms with E-state index in [9.17, 15) is 9.18 Å². The van der Waals surface area contributed by atoms with Crippen LogP contribution in [0, 0.1) is 23.6 Å². The molecule has 4 heteroatoms. The number of carbonyl (C=O) groups excluding carboxylic acids is 1. The molecule has 0 unspecified atom stereocenters. The Hall–Kier alpha value is -1.86. The third-order valence-corrected chi connectivity index (χ3v) is 3.33. The molecule has 1 aromatic carbocycles. The minimum Gasteiger partial charge on any atom is -0.384 e. The van der Waals surface area contributed by atoms with E-state index in [1.54, 1.807) is 6.07 Å². The summed E-state index contributed by atoms with van der Waals surface area (Å²) in [4.78, 5) is 14.4. The number of amides is 1. The molecular formula is C17H20FNO2. The summed E-state index contributed by atoms with van der Waals surface area (Å²) >= 11 is 0. The molecule has 3 nitrogen and oxygen atoms in total. The number of hydrogen-bond acceptors (Lipinski definition) is 2. The van der Waals surface area contributed by atoms with Gasteiger partial charge in [-0.25, -0.2) is 4.39 Å². The molecule has 0 bridgehead atoms. The molecule has 112 valence electrons. The monoisotopic (exact) mass is 289 g/mol. The number of aliphatic hydroxyl groups excluding tert-OH is 1. The van der Waals surface area contributed by atoms with Crippen LogP contribution >= 0.6 is 0 Å². The zero-order chi connectivity index (χ0) is 15.4. The predicted octanol–water partition coefficient (Wildman–Crippen LogP) is 2.43. The van der Waals surface area contributed by atoms with Crippen LogP contribution in [0.15, 0.2) is 18.2 Å². The van der Waals surface area contributed by atoms with Gasteiger partial charge < -0.3 is 10.0 Å². The molecule has 0 saturated heterocycles. The van der Waals surface area contributed by atoms with Gasteiger partial charge >= 0.3 is 0 Å². The van der Waals surface area contributed by atoms with Crippen molar-refractivity contribution in [2.75, 3.05) is 13.2 Å². The standard InChI is InChI=1S/C17H20FNO2/c1-12(2)11-19(15-7-8-15)17(21)14-6-5-13(4-3-9-20)16(18)10-14/h5-6,10,12,15,20H,7-9,11H2,1-2H3. The highest BCUT2D eigenvalue weighted by molar-refractivity contribution is 5.94. The Labute approximate surface area is 124 Å². The van der Waals surface area contributed by atoms with Gasteiger partial charge in [0.1, 0.15) is 12.4 Å². The fourth-order valence-corrected chi connectivity index (χ4v) is 2.23. The fourth-order valence-electron chi connectivity index (χ4n) is 2.23. The van der Waals surface area contributed by atoms with Crippen molar-refractivity contribution in [1.29, 1.82) is 0 Å². The Balaban J connectivity index is 2.20. The summed E-state index contributed by atoms with van der Waals surface area (Å²) in [5.74, 6) is 4.67. The van der Waals surface area contributed by atoms with Crippen molar-refractivity contribution < 1.29 is 14.3 Å². The number of carbonyl (C=O) groups is 1. The summed E-state index contributed by atoms with van der Waals surface area (Å²) in [6, 6.07) is 4.63. The number of nitrogens with zero attached hydrogens (tertiary/aromatic N) is 1. The first kappa shape index (κ1) is 15.5. The second kappa shape index (κ2) is 6.73. The highest BCUT2D eigenvalue weighted by atomic mass is 19.1. The number of benzene rings is 1. The number of rotatable bonds is 4. The van der Waals surface area contributed by atoms with Crippen LogP contribution in [-0.2, 0) is 0 Å². The lowest BCUT2D eigenvalue weighted by molar-refractivity contribution is 0.0722. The molecule has 0 aromatic heterocycles. The molecule has 2 rings (SSSR count). The topological polar surface area (TPSA) is 40.5 Å². The molecule has 1 saturated carbocycles. The summed E-state index contributed by atoms with van der Waals surface area (Å²) in [6.45, 7) is 4.51. The lowest BCUT2D eigenvalue weighted by Gasteiger charge is -2.24. The molecule has 0 radical (unpaired) electrons. The normalized spacial score (nSPS) is 13.8. The summed E-state index contributed by atoms with van der Waals surface area (Å²) in [6.07, 6.45) is 2.06. The Bertz CT molecular complexity index is 582.